The van der Waals surface area contributed by atoms with Gasteiger partial charge in [0.25, 0.3) is 11.8 Å². The molecular weight excluding hydrogens is 823 g/mol. The summed E-state index contributed by atoms with van der Waals surface area (Å²) in [5.74, 6) is 2.00. The maximum absolute atomic E-state index is 14.0. The van der Waals surface area contributed by atoms with Crippen molar-refractivity contribution in [3.05, 3.63) is 119 Å². The fourth-order valence-corrected chi connectivity index (χ4v) is 10.8. The van der Waals surface area contributed by atoms with E-state index in [1.165, 1.54) is 0 Å². The van der Waals surface area contributed by atoms with Crippen LogP contribution in [0.4, 0.5) is 22.7 Å². The number of aliphatic imine (C=N–C) groups is 2. The lowest BCUT2D eigenvalue weighted by atomic mass is 10.1. The number of nitrogens with zero attached hydrogens (tertiary/aromatic N) is 5. The van der Waals surface area contributed by atoms with Crippen LogP contribution >= 0.6 is 21.6 Å². The van der Waals surface area contributed by atoms with Crippen molar-refractivity contribution in [1.82, 2.24) is 4.98 Å². The molecule has 5 heterocycles. The highest BCUT2D eigenvalue weighted by Gasteiger charge is 2.38. The number of aromatic nitrogens is 1. The number of hydrogen-bond donors (Lipinski definition) is 0. The van der Waals surface area contributed by atoms with E-state index >= 15 is 0 Å². The summed E-state index contributed by atoms with van der Waals surface area (Å²) in [4.78, 5) is 46.0. The van der Waals surface area contributed by atoms with Crippen molar-refractivity contribution in [1.29, 1.82) is 0 Å². The summed E-state index contributed by atoms with van der Waals surface area (Å²) in [6.45, 7) is 5.13. The highest BCUT2D eigenvalue weighted by Crippen LogP contribution is 2.43. The number of fused-ring (bicyclic) bond motifs is 8. The van der Waals surface area contributed by atoms with E-state index in [9.17, 15) is 9.59 Å². The average molecular weight is 870 g/mol. The first-order chi connectivity index (χ1) is 30.1. The van der Waals surface area contributed by atoms with E-state index in [1.54, 1.807) is 49.3 Å². The summed E-state index contributed by atoms with van der Waals surface area (Å²) in [5, 5.41) is 0. The fourth-order valence-electron chi connectivity index (χ4n) is 8.49. The molecule has 0 saturated carbocycles. The smallest absolute Gasteiger partial charge is 0.261 e. The first kappa shape index (κ1) is 41.4. The van der Waals surface area contributed by atoms with E-state index in [0.717, 1.165) is 35.3 Å². The molecule has 5 aromatic rings. The Morgan fingerprint density at radius 2 is 1.18 bits per heavy atom. The van der Waals surface area contributed by atoms with Gasteiger partial charge in [-0.3, -0.25) is 34.4 Å². The number of carbonyl (C=O) groups is 2. The van der Waals surface area contributed by atoms with Crippen molar-refractivity contribution in [2.75, 3.05) is 36.9 Å². The molecule has 0 aliphatic carbocycles. The summed E-state index contributed by atoms with van der Waals surface area (Å²) in [5.41, 5.74) is 7.09. The number of methoxy groups -OCH3 is 2. The average Bonchev–Trinajstić information content (AvgIpc) is 3.77. The second-order valence-corrected chi connectivity index (χ2v) is 19.2. The number of carbonyl (C=O) groups excluding carboxylic acids is 2. The molecule has 0 fully saturated rings. The van der Waals surface area contributed by atoms with Gasteiger partial charge in [-0.2, -0.15) is 0 Å². The highest BCUT2D eigenvalue weighted by molar-refractivity contribution is 8.76. The molecule has 4 aliphatic rings. The van der Waals surface area contributed by atoms with E-state index in [-0.39, 0.29) is 41.9 Å². The standard InChI is InChI=1S/C48H47N5O7S2/c1-48(2,62-61-5)15-10-16-58-35-19-31(27-59-44-23-38-36(21-42(44)56-3)46(54)52-33(25-49-38)17-29-11-6-8-13-40(29)52)51-32(20-35)28-60-45-24-39-37(22-43(45)57-4)47(55)53-34(26-50-39)18-30-12-7-9-14-41(30)53/h6-9,11-14,19-26,33-34H,10,15-18,27-28H2,1-5H3/t33-,34-/m0/s1. The predicted octanol–water partition coefficient (Wildman–Crippen LogP) is 9.78. The van der Waals surface area contributed by atoms with Crippen LogP contribution < -0.4 is 33.5 Å². The Morgan fingerprint density at radius 3 is 1.66 bits per heavy atom. The van der Waals surface area contributed by atoms with E-state index in [2.05, 4.69) is 20.1 Å². The number of benzene rings is 4. The first-order valence-electron chi connectivity index (χ1n) is 20.6. The fraction of sp³-hybridized carbons (Fsp3) is 0.312. The summed E-state index contributed by atoms with van der Waals surface area (Å²) in [7, 11) is 6.73. The number of hydrogen-bond acceptors (Lipinski definition) is 12. The maximum Gasteiger partial charge on any atom is 0.261 e. The van der Waals surface area contributed by atoms with Crippen molar-refractivity contribution in [3.8, 4) is 28.7 Å². The summed E-state index contributed by atoms with van der Waals surface area (Å²) < 4.78 is 30.8. The monoisotopic (exact) mass is 869 g/mol. The van der Waals surface area contributed by atoms with Crippen LogP contribution in [0.5, 0.6) is 28.7 Å². The number of anilines is 2. The Bertz CT molecular complexity index is 2450. The zero-order valence-electron chi connectivity index (χ0n) is 35.3. The second-order valence-electron chi connectivity index (χ2n) is 16.1. The Morgan fingerprint density at radius 1 is 0.677 bits per heavy atom. The van der Waals surface area contributed by atoms with Crippen LogP contribution in [0.1, 0.15) is 69.9 Å². The van der Waals surface area contributed by atoms with Crippen molar-refractivity contribution in [2.45, 2.75) is 69.6 Å². The number of ether oxygens (including phenoxy) is 5. The van der Waals surface area contributed by atoms with E-state index in [1.807, 2.05) is 93.7 Å². The van der Waals surface area contributed by atoms with E-state index < -0.39 is 0 Å². The number of amides is 2. The molecule has 0 spiro atoms. The van der Waals surface area contributed by atoms with Gasteiger partial charge >= 0.3 is 0 Å². The molecule has 0 N–H and O–H groups in total. The van der Waals surface area contributed by atoms with Gasteiger partial charge in [-0.15, -0.1) is 0 Å². The Labute approximate surface area is 369 Å². The second kappa shape index (κ2) is 17.4. The van der Waals surface area contributed by atoms with Gasteiger partial charge < -0.3 is 23.7 Å². The van der Waals surface area contributed by atoms with E-state index in [0.29, 0.717) is 82.1 Å². The zero-order valence-corrected chi connectivity index (χ0v) is 36.9. The van der Waals surface area contributed by atoms with Crippen LogP contribution in [0, 0.1) is 0 Å². The molecule has 1 aromatic heterocycles. The predicted molar refractivity (Wildman–Crippen MR) is 247 cm³/mol. The zero-order chi connectivity index (χ0) is 43.0. The van der Waals surface area contributed by atoms with Crippen LogP contribution in [0.2, 0.25) is 0 Å². The van der Waals surface area contributed by atoms with Crippen LogP contribution in [-0.2, 0) is 26.1 Å². The minimum absolute atomic E-state index is 0.0658. The van der Waals surface area contributed by atoms with E-state index in [4.69, 9.17) is 38.7 Å². The number of rotatable bonds is 15. The van der Waals surface area contributed by atoms with Crippen molar-refractivity contribution in [3.63, 3.8) is 0 Å². The van der Waals surface area contributed by atoms with Crippen molar-refractivity contribution < 1.29 is 33.3 Å². The molecule has 0 radical (unpaired) electrons. The third-order valence-electron chi connectivity index (χ3n) is 11.4. The molecule has 318 valence electrons. The molecular formula is C48H47N5O7S2. The molecule has 0 unspecified atom stereocenters. The molecule has 9 rings (SSSR count). The molecule has 62 heavy (non-hydrogen) atoms. The van der Waals surface area contributed by atoms with Crippen LogP contribution in [0.15, 0.2) is 94.9 Å². The topological polar surface area (TPSA) is 124 Å². The Balaban J connectivity index is 0.958. The summed E-state index contributed by atoms with van der Waals surface area (Å²) >= 11 is 0. The molecule has 4 aromatic carbocycles. The van der Waals surface area contributed by atoms with Gasteiger partial charge in [0, 0.05) is 65.7 Å². The van der Waals surface area contributed by atoms with Gasteiger partial charge in [-0.25, -0.2) is 0 Å². The number of para-hydroxylation sites is 2. The lowest BCUT2D eigenvalue weighted by Gasteiger charge is -2.22. The van der Waals surface area contributed by atoms with Gasteiger partial charge in [0.05, 0.1) is 66.8 Å². The Kier molecular flexibility index (Phi) is 11.6. The lowest BCUT2D eigenvalue weighted by Crippen LogP contribution is -2.37. The summed E-state index contributed by atoms with van der Waals surface area (Å²) in [6.07, 6.45) is 9.02. The van der Waals surface area contributed by atoms with Crippen molar-refractivity contribution >= 4 is 68.6 Å². The molecule has 0 saturated heterocycles. The Hall–Kier alpha value is -5.99. The van der Waals surface area contributed by atoms with Crippen molar-refractivity contribution in [2.24, 2.45) is 9.98 Å². The first-order valence-corrected chi connectivity index (χ1v) is 23.1. The minimum Gasteiger partial charge on any atom is -0.493 e. The van der Waals surface area contributed by atoms with Gasteiger partial charge in [0.15, 0.2) is 23.0 Å². The van der Waals surface area contributed by atoms with Gasteiger partial charge in [0.2, 0.25) is 0 Å². The molecule has 2 amide bonds. The molecule has 0 bridgehead atoms. The maximum atomic E-state index is 14.0. The third kappa shape index (κ3) is 8.20. The third-order valence-corrected chi connectivity index (χ3v) is 14.1. The normalized spacial score (nSPS) is 17.0. The molecule has 4 aliphatic heterocycles. The highest BCUT2D eigenvalue weighted by atomic mass is 33.1. The molecule has 14 heteroatoms. The van der Waals surface area contributed by atoms with Gasteiger partial charge in [-0.05, 0) is 68.3 Å². The SMILES string of the molecule is COc1cc2c(cc1OCc1cc(OCCCC(C)(C)SSC)cc(COc3cc4c(cc3OC)C(=O)N3c5ccccc5C[C@H]3C=N4)n1)N=C[C@@H]1Cc3ccccc3N1C2=O. The number of pyridine rings is 1. The quantitative estimate of drug-likeness (QED) is 0.0742. The molecule has 12 nitrogen and oxygen atoms in total. The van der Waals surface area contributed by atoms with Gasteiger partial charge in [-0.1, -0.05) is 58.0 Å². The minimum atomic E-state index is -0.178. The largest absolute Gasteiger partial charge is 0.493 e. The molecule has 2 atom stereocenters. The van der Waals surface area contributed by atoms with Crippen LogP contribution in [-0.4, -0.2) is 73.1 Å². The lowest BCUT2D eigenvalue weighted by molar-refractivity contribution is 0.0978. The van der Waals surface area contributed by atoms with Crippen LogP contribution in [0.3, 0.4) is 0 Å². The summed E-state index contributed by atoms with van der Waals surface area (Å²) in [6, 6.07) is 26.2. The van der Waals surface area contributed by atoms with Crippen LogP contribution in [0.25, 0.3) is 0 Å². The van der Waals surface area contributed by atoms with Gasteiger partial charge in [0.1, 0.15) is 19.0 Å².